The van der Waals surface area contributed by atoms with E-state index >= 15 is 0 Å². The van der Waals surface area contributed by atoms with Crippen molar-refractivity contribution in [3.63, 3.8) is 0 Å². The van der Waals surface area contributed by atoms with Gasteiger partial charge in [0, 0.05) is 41.4 Å². The largest absolute Gasteiger partial charge is 0.295 e. The fourth-order valence-corrected chi connectivity index (χ4v) is 3.06. The van der Waals surface area contributed by atoms with Gasteiger partial charge in [0.05, 0.1) is 0 Å². The average Bonchev–Trinajstić information content (AvgIpc) is 2.30. The van der Waals surface area contributed by atoms with Crippen molar-refractivity contribution in [2.24, 2.45) is 0 Å². The van der Waals surface area contributed by atoms with Crippen molar-refractivity contribution >= 4 is 10.8 Å². The second-order valence-corrected chi connectivity index (χ2v) is 5.67. The van der Waals surface area contributed by atoms with E-state index in [-0.39, 0.29) is 0 Å². The third-order valence-electron chi connectivity index (χ3n) is 3.04. The van der Waals surface area contributed by atoms with Gasteiger partial charge in [0.1, 0.15) is 0 Å². The van der Waals surface area contributed by atoms with Gasteiger partial charge in [0.25, 0.3) is 0 Å². The van der Waals surface area contributed by atoms with Crippen molar-refractivity contribution in [1.29, 1.82) is 0 Å². The van der Waals surface area contributed by atoms with E-state index in [0.29, 0.717) is 6.04 Å². The number of rotatable bonds is 2. The lowest BCUT2D eigenvalue weighted by atomic mass is 10.1. The van der Waals surface area contributed by atoms with Crippen LogP contribution in [0.25, 0.3) is 0 Å². The van der Waals surface area contributed by atoms with E-state index in [9.17, 15) is 4.21 Å². The molecule has 1 aromatic rings. The van der Waals surface area contributed by atoms with Crippen molar-refractivity contribution in [3.05, 3.63) is 35.9 Å². The molecule has 1 aliphatic rings. The van der Waals surface area contributed by atoms with Crippen LogP contribution in [0.5, 0.6) is 0 Å². The van der Waals surface area contributed by atoms with Gasteiger partial charge in [0.15, 0.2) is 0 Å². The summed E-state index contributed by atoms with van der Waals surface area (Å²) in [7, 11) is -0.575. The molecule has 2 rings (SSSR count). The molecule has 15 heavy (non-hydrogen) atoms. The summed E-state index contributed by atoms with van der Waals surface area (Å²) < 4.78 is 11.3. The van der Waals surface area contributed by atoms with Gasteiger partial charge in [-0.05, 0) is 12.5 Å². The zero-order valence-electron chi connectivity index (χ0n) is 9.06. The summed E-state index contributed by atoms with van der Waals surface area (Å²) >= 11 is 0. The highest BCUT2D eigenvalue weighted by Gasteiger charge is 2.20. The SMILES string of the molecule is CC(c1ccccc1)N1CCS(=O)CC1. The summed E-state index contributed by atoms with van der Waals surface area (Å²) in [6, 6.07) is 11.0. The molecule has 0 saturated carbocycles. The molecule has 1 fully saturated rings. The molecule has 1 aliphatic heterocycles. The lowest BCUT2D eigenvalue weighted by Crippen LogP contribution is -2.39. The van der Waals surface area contributed by atoms with Gasteiger partial charge in [-0.2, -0.15) is 0 Å². The Hall–Kier alpha value is -0.670. The van der Waals surface area contributed by atoms with E-state index in [1.54, 1.807) is 0 Å². The number of hydrogen-bond donors (Lipinski definition) is 0. The van der Waals surface area contributed by atoms with E-state index in [0.717, 1.165) is 24.6 Å². The second kappa shape index (κ2) is 4.90. The first-order chi connectivity index (χ1) is 7.27. The molecular formula is C12H17NOS. The lowest BCUT2D eigenvalue weighted by molar-refractivity contribution is 0.231. The minimum atomic E-state index is -0.575. The molecule has 0 radical (unpaired) electrons. The van der Waals surface area contributed by atoms with Gasteiger partial charge in [-0.25, -0.2) is 0 Å². The highest BCUT2D eigenvalue weighted by Crippen LogP contribution is 2.20. The van der Waals surface area contributed by atoms with Crippen LogP contribution in [0.4, 0.5) is 0 Å². The highest BCUT2D eigenvalue weighted by molar-refractivity contribution is 7.85. The lowest BCUT2D eigenvalue weighted by Gasteiger charge is -2.32. The first-order valence-electron chi connectivity index (χ1n) is 5.41. The summed E-state index contributed by atoms with van der Waals surface area (Å²) in [6.45, 7) is 4.15. The molecule has 0 spiro atoms. The maximum atomic E-state index is 11.3. The van der Waals surface area contributed by atoms with Crippen LogP contribution in [-0.4, -0.2) is 33.7 Å². The smallest absolute Gasteiger partial charge is 0.0363 e. The molecule has 1 atom stereocenters. The van der Waals surface area contributed by atoms with Gasteiger partial charge in [-0.15, -0.1) is 0 Å². The molecule has 0 N–H and O–H groups in total. The standard InChI is InChI=1S/C12H17NOS/c1-11(12-5-3-2-4-6-12)13-7-9-15(14)10-8-13/h2-6,11H,7-10H2,1H3. The molecule has 1 unspecified atom stereocenters. The first-order valence-corrected chi connectivity index (χ1v) is 6.90. The third kappa shape index (κ3) is 2.67. The van der Waals surface area contributed by atoms with E-state index in [4.69, 9.17) is 0 Å². The highest BCUT2D eigenvalue weighted by atomic mass is 32.2. The first kappa shape index (κ1) is 10.8. The minimum absolute atomic E-state index is 0.448. The average molecular weight is 223 g/mol. The second-order valence-electron chi connectivity index (χ2n) is 3.97. The molecule has 1 heterocycles. The van der Waals surface area contributed by atoms with Gasteiger partial charge in [-0.1, -0.05) is 30.3 Å². The van der Waals surface area contributed by atoms with Crippen LogP contribution < -0.4 is 0 Å². The quantitative estimate of drug-likeness (QED) is 0.762. The Morgan fingerprint density at radius 2 is 1.80 bits per heavy atom. The predicted octanol–water partition coefficient (Wildman–Crippen LogP) is 1.81. The van der Waals surface area contributed by atoms with Crippen LogP contribution in [0.1, 0.15) is 18.5 Å². The Morgan fingerprint density at radius 3 is 2.40 bits per heavy atom. The van der Waals surface area contributed by atoms with Crippen molar-refractivity contribution < 1.29 is 4.21 Å². The predicted molar refractivity (Wildman–Crippen MR) is 64.3 cm³/mol. The number of hydrogen-bond acceptors (Lipinski definition) is 2. The van der Waals surface area contributed by atoms with Crippen molar-refractivity contribution in [1.82, 2.24) is 4.90 Å². The molecule has 82 valence electrons. The molecule has 0 aliphatic carbocycles. The maximum absolute atomic E-state index is 11.3. The van der Waals surface area contributed by atoms with Crippen LogP contribution in [0, 0.1) is 0 Å². The minimum Gasteiger partial charge on any atom is -0.295 e. The third-order valence-corrected chi connectivity index (χ3v) is 4.32. The molecule has 2 nitrogen and oxygen atoms in total. The van der Waals surface area contributed by atoms with Gasteiger partial charge < -0.3 is 0 Å². The summed E-state index contributed by atoms with van der Waals surface area (Å²) in [5.41, 5.74) is 1.35. The van der Waals surface area contributed by atoms with Crippen LogP contribution in [0.3, 0.4) is 0 Å². The number of benzene rings is 1. The summed E-state index contributed by atoms with van der Waals surface area (Å²) in [5.74, 6) is 1.66. The van der Waals surface area contributed by atoms with Gasteiger partial charge in [-0.3, -0.25) is 9.11 Å². The topological polar surface area (TPSA) is 20.3 Å². The normalized spacial score (nSPS) is 21.4. The fraction of sp³-hybridized carbons (Fsp3) is 0.500. The van der Waals surface area contributed by atoms with E-state index < -0.39 is 10.8 Å². The molecule has 0 aromatic heterocycles. The monoisotopic (exact) mass is 223 g/mol. The molecule has 0 amide bonds. The van der Waals surface area contributed by atoms with E-state index in [2.05, 4.69) is 36.1 Å². The Labute approximate surface area is 93.7 Å². The maximum Gasteiger partial charge on any atom is 0.0363 e. The van der Waals surface area contributed by atoms with Crippen molar-refractivity contribution in [3.8, 4) is 0 Å². The Kier molecular flexibility index (Phi) is 3.54. The van der Waals surface area contributed by atoms with E-state index in [1.165, 1.54) is 5.56 Å². The van der Waals surface area contributed by atoms with Crippen LogP contribution in [0.2, 0.25) is 0 Å². The van der Waals surface area contributed by atoms with E-state index in [1.807, 2.05) is 6.07 Å². The Morgan fingerprint density at radius 1 is 1.20 bits per heavy atom. The molecule has 0 bridgehead atoms. The molecule has 1 aromatic carbocycles. The molecular weight excluding hydrogens is 206 g/mol. The Balaban J connectivity index is 2.02. The summed E-state index contributed by atoms with van der Waals surface area (Å²) in [5, 5.41) is 0. The molecule has 1 saturated heterocycles. The fourth-order valence-electron chi connectivity index (χ4n) is 1.98. The van der Waals surface area contributed by atoms with Gasteiger partial charge in [0.2, 0.25) is 0 Å². The molecule has 3 heteroatoms. The number of nitrogens with zero attached hydrogens (tertiary/aromatic N) is 1. The zero-order valence-corrected chi connectivity index (χ0v) is 9.87. The van der Waals surface area contributed by atoms with Crippen molar-refractivity contribution in [2.75, 3.05) is 24.6 Å². The van der Waals surface area contributed by atoms with Crippen molar-refractivity contribution in [2.45, 2.75) is 13.0 Å². The van der Waals surface area contributed by atoms with Gasteiger partial charge >= 0.3 is 0 Å². The Bertz CT molecular complexity index is 329. The summed E-state index contributed by atoms with van der Waals surface area (Å²) in [4.78, 5) is 2.41. The summed E-state index contributed by atoms with van der Waals surface area (Å²) in [6.07, 6.45) is 0. The van der Waals surface area contributed by atoms with Crippen LogP contribution >= 0.6 is 0 Å². The van der Waals surface area contributed by atoms with Crippen LogP contribution in [0.15, 0.2) is 30.3 Å². The van der Waals surface area contributed by atoms with Crippen LogP contribution in [-0.2, 0) is 10.8 Å². The zero-order chi connectivity index (χ0) is 10.7.